The average Bonchev–Trinajstić information content (AvgIpc) is 1.97. The van der Waals surface area contributed by atoms with Crippen molar-refractivity contribution < 1.29 is 37.0 Å². The number of carboxylic acid groups (broad SMARTS) is 2. The molecule has 0 aliphatic heterocycles. The fourth-order valence-corrected chi connectivity index (χ4v) is 1.21. The smallest absolute Gasteiger partial charge is 0.397 e. The van der Waals surface area contributed by atoms with Gasteiger partial charge in [-0.25, -0.2) is 4.18 Å². The summed E-state index contributed by atoms with van der Waals surface area (Å²) < 4.78 is 32.5. The van der Waals surface area contributed by atoms with E-state index in [1.807, 2.05) is 0 Å². The summed E-state index contributed by atoms with van der Waals surface area (Å²) >= 11 is 0. The van der Waals surface area contributed by atoms with E-state index < -0.39 is 40.9 Å². The SMILES string of the molecule is N[C@@H](C(=O)O)[C@@H](CC(=O)O)OS(=O)(=O)O. The lowest BCUT2D eigenvalue weighted by Crippen LogP contribution is -2.45. The molecule has 0 aliphatic carbocycles. The molecule has 2 atom stereocenters. The van der Waals surface area contributed by atoms with Crippen LogP contribution < -0.4 is 5.73 Å². The van der Waals surface area contributed by atoms with Crippen molar-refractivity contribution in [3.63, 3.8) is 0 Å². The third kappa shape index (κ3) is 5.96. The van der Waals surface area contributed by atoms with Crippen LogP contribution in [0.3, 0.4) is 0 Å². The highest BCUT2D eigenvalue weighted by atomic mass is 32.3. The summed E-state index contributed by atoms with van der Waals surface area (Å²) in [4.78, 5) is 20.6. The van der Waals surface area contributed by atoms with Crippen molar-refractivity contribution in [2.75, 3.05) is 0 Å². The molecule has 0 aromatic heterocycles. The Hall–Kier alpha value is -1.23. The molecule has 0 spiro atoms. The quantitative estimate of drug-likeness (QED) is 0.388. The molecule has 0 unspecified atom stereocenters. The van der Waals surface area contributed by atoms with Crippen molar-refractivity contribution in [3.05, 3.63) is 0 Å². The minimum Gasteiger partial charge on any atom is -0.481 e. The summed E-state index contributed by atoms with van der Waals surface area (Å²) in [6, 6.07) is -1.87. The Morgan fingerprint density at radius 1 is 1.33 bits per heavy atom. The van der Waals surface area contributed by atoms with Crippen molar-refractivity contribution in [1.29, 1.82) is 0 Å². The van der Waals surface area contributed by atoms with Gasteiger partial charge in [0, 0.05) is 0 Å². The molecule has 0 radical (unpaired) electrons. The van der Waals surface area contributed by atoms with E-state index in [4.69, 9.17) is 20.5 Å². The third-order valence-corrected chi connectivity index (χ3v) is 1.80. The first kappa shape index (κ1) is 13.8. The predicted molar refractivity (Wildman–Crippen MR) is 44.3 cm³/mol. The highest BCUT2D eigenvalue weighted by molar-refractivity contribution is 7.80. The lowest BCUT2D eigenvalue weighted by atomic mass is 10.1. The molecule has 0 saturated carbocycles. The fourth-order valence-electron chi connectivity index (χ4n) is 0.708. The van der Waals surface area contributed by atoms with Crippen LogP contribution in [0.2, 0.25) is 0 Å². The van der Waals surface area contributed by atoms with Gasteiger partial charge < -0.3 is 15.9 Å². The van der Waals surface area contributed by atoms with E-state index in [2.05, 4.69) is 4.18 Å². The molecule has 9 nitrogen and oxygen atoms in total. The minimum atomic E-state index is -4.95. The van der Waals surface area contributed by atoms with E-state index in [1.54, 1.807) is 0 Å². The zero-order valence-electron chi connectivity index (χ0n) is 7.23. The van der Waals surface area contributed by atoms with Gasteiger partial charge in [-0.2, -0.15) is 8.42 Å². The van der Waals surface area contributed by atoms with Gasteiger partial charge >= 0.3 is 22.3 Å². The van der Waals surface area contributed by atoms with Gasteiger partial charge in [0.1, 0.15) is 12.1 Å². The molecule has 0 bridgehead atoms. The van der Waals surface area contributed by atoms with Crippen molar-refractivity contribution >= 4 is 22.3 Å². The summed E-state index contributed by atoms with van der Waals surface area (Å²) in [5, 5.41) is 16.7. The number of nitrogens with two attached hydrogens (primary N) is 1. The molecule has 0 amide bonds. The van der Waals surface area contributed by atoms with Crippen LogP contribution in [-0.4, -0.2) is 47.3 Å². The van der Waals surface area contributed by atoms with Crippen LogP contribution >= 0.6 is 0 Å². The lowest BCUT2D eigenvalue weighted by molar-refractivity contribution is -0.143. The van der Waals surface area contributed by atoms with Gasteiger partial charge in [0.15, 0.2) is 0 Å². The van der Waals surface area contributed by atoms with Crippen molar-refractivity contribution in [3.8, 4) is 0 Å². The monoisotopic (exact) mass is 243 g/mol. The third-order valence-electron chi connectivity index (χ3n) is 1.31. The average molecular weight is 243 g/mol. The van der Waals surface area contributed by atoms with Crippen LogP contribution in [0.4, 0.5) is 0 Å². The molecule has 10 heteroatoms. The van der Waals surface area contributed by atoms with Gasteiger partial charge in [0.05, 0.1) is 6.42 Å². The van der Waals surface area contributed by atoms with E-state index >= 15 is 0 Å². The van der Waals surface area contributed by atoms with Crippen LogP contribution in [-0.2, 0) is 24.2 Å². The van der Waals surface area contributed by atoms with Crippen LogP contribution in [0.25, 0.3) is 0 Å². The minimum absolute atomic E-state index is 0.965. The van der Waals surface area contributed by atoms with Crippen LogP contribution in [0.5, 0.6) is 0 Å². The molecule has 5 N–H and O–H groups in total. The molecule has 0 rings (SSSR count). The molecule has 0 saturated heterocycles. The number of hydrogen-bond donors (Lipinski definition) is 4. The first-order chi connectivity index (χ1) is 6.63. The number of carboxylic acids is 2. The van der Waals surface area contributed by atoms with Crippen LogP contribution in [0, 0.1) is 0 Å². The normalized spacial score (nSPS) is 15.6. The molecule has 0 aromatic rings. The van der Waals surface area contributed by atoms with Crippen molar-refractivity contribution in [2.24, 2.45) is 5.73 Å². The van der Waals surface area contributed by atoms with E-state index in [9.17, 15) is 18.0 Å². The number of rotatable bonds is 6. The first-order valence-electron chi connectivity index (χ1n) is 3.49. The Bertz CT molecular complexity index is 348. The molecule has 88 valence electrons. The summed E-state index contributed by atoms with van der Waals surface area (Å²) in [5.74, 6) is -3.16. The van der Waals surface area contributed by atoms with Crippen LogP contribution in [0.1, 0.15) is 6.42 Å². The number of hydrogen-bond acceptors (Lipinski definition) is 6. The molecule has 0 aliphatic rings. The zero-order chi connectivity index (χ0) is 12.2. The second-order valence-electron chi connectivity index (χ2n) is 2.52. The Balaban J connectivity index is 4.73. The van der Waals surface area contributed by atoms with Gasteiger partial charge in [-0.15, -0.1) is 0 Å². The Morgan fingerprint density at radius 2 is 1.80 bits per heavy atom. The Morgan fingerprint density at radius 3 is 2.07 bits per heavy atom. The summed E-state index contributed by atoms with van der Waals surface area (Å²) in [5.41, 5.74) is 4.95. The van der Waals surface area contributed by atoms with Crippen molar-refractivity contribution in [2.45, 2.75) is 18.6 Å². The molecule has 0 fully saturated rings. The van der Waals surface area contributed by atoms with Gasteiger partial charge in [0.25, 0.3) is 0 Å². The maximum atomic E-state index is 10.3. The number of aliphatic carboxylic acids is 2. The van der Waals surface area contributed by atoms with E-state index in [1.165, 1.54) is 0 Å². The molecular formula is C5H9NO8S. The number of carbonyl (C=O) groups is 2. The second-order valence-corrected chi connectivity index (χ2v) is 3.57. The molecule has 0 aromatic carbocycles. The topological polar surface area (TPSA) is 164 Å². The summed E-state index contributed by atoms with van der Waals surface area (Å²) in [6.45, 7) is 0. The van der Waals surface area contributed by atoms with Gasteiger partial charge in [-0.05, 0) is 0 Å². The Kier molecular flexibility index (Phi) is 4.61. The van der Waals surface area contributed by atoms with Gasteiger partial charge in [0.2, 0.25) is 0 Å². The van der Waals surface area contributed by atoms with Crippen molar-refractivity contribution in [1.82, 2.24) is 0 Å². The predicted octanol–water partition coefficient (Wildman–Crippen LogP) is -1.94. The zero-order valence-corrected chi connectivity index (χ0v) is 8.05. The van der Waals surface area contributed by atoms with E-state index in [0.29, 0.717) is 0 Å². The van der Waals surface area contributed by atoms with Gasteiger partial charge in [-0.3, -0.25) is 14.1 Å². The molecule has 0 heterocycles. The molecule has 15 heavy (non-hydrogen) atoms. The fraction of sp³-hybridized carbons (Fsp3) is 0.600. The lowest BCUT2D eigenvalue weighted by Gasteiger charge is -2.16. The summed E-state index contributed by atoms with van der Waals surface area (Å²) in [6.07, 6.45) is -2.83. The van der Waals surface area contributed by atoms with E-state index in [0.717, 1.165) is 0 Å². The van der Waals surface area contributed by atoms with Gasteiger partial charge in [-0.1, -0.05) is 0 Å². The largest absolute Gasteiger partial charge is 0.481 e. The maximum Gasteiger partial charge on any atom is 0.397 e. The summed E-state index contributed by atoms with van der Waals surface area (Å²) in [7, 11) is -4.95. The highest BCUT2D eigenvalue weighted by Crippen LogP contribution is 2.07. The molecular weight excluding hydrogens is 234 g/mol. The maximum absolute atomic E-state index is 10.3. The highest BCUT2D eigenvalue weighted by Gasteiger charge is 2.31. The van der Waals surface area contributed by atoms with Crippen LogP contribution in [0.15, 0.2) is 0 Å². The standard InChI is InChI=1S/C5H9NO8S/c6-4(5(9)10)2(1-3(7)8)14-15(11,12)13/h2,4H,1,6H2,(H,7,8)(H,9,10)(H,11,12,13)/t2-,4-/m1/s1. The first-order valence-corrected chi connectivity index (χ1v) is 4.86. The second kappa shape index (κ2) is 5.02. The Labute approximate surface area is 84.4 Å². The van der Waals surface area contributed by atoms with E-state index in [-0.39, 0.29) is 0 Å².